The summed E-state index contributed by atoms with van der Waals surface area (Å²) in [6, 6.07) is 9.71. The van der Waals surface area contributed by atoms with E-state index in [0.717, 1.165) is 48.4 Å². The van der Waals surface area contributed by atoms with Gasteiger partial charge in [-0.1, -0.05) is 58.4 Å². The minimum Gasteiger partial charge on any atom is -0.385 e. The second kappa shape index (κ2) is 15.2. The summed E-state index contributed by atoms with van der Waals surface area (Å²) in [7, 11) is 0. The Morgan fingerprint density at radius 2 is 1.57 bits per heavy atom. The predicted octanol–water partition coefficient (Wildman–Crippen LogP) is 5.65. The summed E-state index contributed by atoms with van der Waals surface area (Å²) in [5, 5.41) is 6.49. The highest BCUT2D eigenvalue weighted by molar-refractivity contribution is 5.97. The van der Waals surface area contributed by atoms with Gasteiger partial charge < -0.3 is 20.4 Å². The summed E-state index contributed by atoms with van der Waals surface area (Å²) >= 11 is 0. The summed E-state index contributed by atoms with van der Waals surface area (Å²) in [5.74, 6) is 0.815. The maximum absolute atomic E-state index is 13.4. The Morgan fingerprint density at radius 1 is 0.865 bits per heavy atom. The molecule has 0 bridgehead atoms. The molecule has 0 unspecified atom stereocenters. The fraction of sp³-hybridized carbons (Fsp3) is 0.567. The van der Waals surface area contributed by atoms with Crippen molar-refractivity contribution < 1.29 is 9.59 Å². The molecular weight excluding hydrogens is 462 g/mol. The van der Waals surface area contributed by atoms with Crippen LogP contribution in [0, 0.1) is 6.92 Å². The van der Waals surface area contributed by atoms with Crippen molar-refractivity contribution in [2.75, 3.05) is 49.5 Å². The zero-order valence-corrected chi connectivity index (χ0v) is 23.0. The monoisotopic (exact) mass is 507 g/mol. The van der Waals surface area contributed by atoms with Crippen molar-refractivity contribution >= 4 is 23.3 Å². The zero-order valence-electron chi connectivity index (χ0n) is 23.0. The average Bonchev–Trinajstić information content (AvgIpc) is 2.93. The van der Waals surface area contributed by atoms with Crippen LogP contribution in [0.1, 0.15) is 91.5 Å². The number of carbonyl (C=O) groups is 2. The van der Waals surface area contributed by atoms with Crippen LogP contribution >= 0.6 is 0 Å². The highest BCUT2D eigenvalue weighted by atomic mass is 16.2. The minimum absolute atomic E-state index is 0.0525. The summed E-state index contributed by atoms with van der Waals surface area (Å²) in [4.78, 5) is 34.5. The molecule has 1 aliphatic heterocycles. The van der Waals surface area contributed by atoms with E-state index in [4.69, 9.17) is 0 Å². The number of benzene rings is 1. The van der Waals surface area contributed by atoms with Crippen LogP contribution in [-0.4, -0.2) is 61.0 Å². The molecule has 37 heavy (non-hydrogen) atoms. The lowest BCUT2D eigenvalue weighted by Gasteiger charge is -2.35. The van der Waals surface area contributed by atoms with Crippen LogP contribution in [0.3, 0.4) is 0 Å². The van der Waals surface area contributed by atoms with Crippen molar-refractivity contribution in [2.24, 2.45) is 0 Å². The Hall–Kier alpha value is -3.09. The van der Waals surface area contributed by atoms with Crippen LogP contribution in [0.2, 0.25) is 0 Å². The Kier molecular flexibility index (Phi) is 11.7. The van der Waals surface area contributed by atoms with E-state index in [2.05, 4.69) is 40.4 Å². The number of anilines is 2. The van der Waals surface area contributed by atoms with E-state index in [-0.39, 0.29) is 11.8 Å². The summed E-state index contributed by atoms with van der Waals surface area (Å²) in [6.07, 6.45) is 11.1. The van der Waals surface area contributed by atoms with Crippen LogP contribution in [0.4, 0.5) is 11.5 Å². The molecule has 3 rings (SSSR count). The molecule has 0 spiro atoms. The summed E-state index contributed by atoms with van der Waals surface area (Å²) < 4.78 is 0. The van der Waals surface area contributed by atoms with E-state index in [0.29, 0.717) is 38.3 Å². The minimum atomic E-state index is -0.0525. The van der Waals surface area contributed by atoms with Gasteiger partial charge in [-0.15, -0.1) is 0 Å². The van der Waals surface area contributed by atoms with Gasteiger partial charge in [-0.25, -0.2) is 4.98 Å². The molecule has 1 aromatic heterocycles. The fourth-order valence-corrected chi connectivity index (χ4v) is 4.64. The topological polar surface area (TPSA) is 77.6 Å². The SMILES string of the molecule is CCCCCCNC(=O)c1ccnc(N2CCN(C(=O)c3cc(NCCCCCC)ccc3C)CC2)c1. The van der Waals surface area contributed by atoms with E-state index < -0.39 is 0 Å². The van der Waals surface area contributed by atoms with E-state index in [1.165, 1.54) is 32.1 Å². The van der Waals surface area contributed by atoms with Gasteiger partial charge in [0.25, 0.3) is 11.8 Å². The van der Waals surface area contributed by atoms with E-state index in [1.54, 1.807) is 12.3 Å². The molecule has 1 aromatic carbocycles. The molecule has 202 valence electrons. The largest absolute Gasteiger partial charge is 0.385 e. The van der Waals surface area contributed by atoms with Gasteiger partial charge in [0.15, 0.2) is 0 Å². The number of nitrogens with zero attached hydrogens (tertiary/aromatic N) is 3. The lowest BCUT2D eigenvalue weighted by molar-refractivity contribution is 0.0745. The number of amides is 2. The van der Waals surface area contributed by atoms with Crippen molar-refractivity contribution in [1.29, 1.82) is 0 Å². The predicted molar refractivity (Wildman–Crippen MR) is 153 cm³/mol. The van der Waals surface area contributed by atoms with Crippen LogP contribution in [0.25, 0.3) is 0 Å². The van der Waals surface area contributed by atoms with Gasteiger partial charge in [0.2, 0.25) is 0 Å². The third-order valence-corrected chi connectivity index (χ3v) is 7.04. The van der Waals surface area contributed by atoms with Gasteiger partial charge in [0.05, 0.1) is 0 Å². The van der Waals surface area contributed by atoms with Gasteiger partial charge >= 0.3 is 0 Å². The van der Waals surface area contributed by atoms with Crippen molar-refractivity contribution in [3.63, 3.8) is 0 Å². The zero-order chi connectivity index (χ0) is 26.5. The van der Waals surface area contributed by atoms with Crippen LogP contribution in [0.15, 0.2) is 36.5 Å². The fourth-order valence-electron chi connectivity index (χ4n) is 4.64. The Bertz CT molecular complexity index is 1000. The Labute approximate surface area is 223 Å². The second-order valence-electron chi connectivity index (χ2n) is 10.0. The van der Waals surface area contributed by atoms with E-state index in [1.807, 2.05) is 30.0 Å². The molecule has 2 N–H and O–H groups in total. The Balaban J connectivity index is 1.52. The van der Waals surface area contributed by atoms with Gasteiger partial charge in [0, 0.05) is 62.3 Å². The lowest BCUT2D eigenvalue weighted by atomic mass is 10.1. The van der Waals surface area contributed by atoms with Gasteiger partial charge in [0.1, 0.15) is 5.82 Å². The molecular formula is C30H45N5O2. The molecule has 1 aliphatic rings. The Morgan fingerprint density at radius 3 is 2.27 bits per heavy atom. The number of pyridine rings is 1. The second-order valence-corrected chi connectivity index (χ2v) is 10.0. The normalized spacial score (nSPS) is 13.5. The smallest absolute Gasteiger partial charge is 0.254 e. The third kappa shape index (κ3) is 8.76. The highest BCUT2D eigenvalue weighted by Crippen LogP contribution is 2.20. The van der Waals surface area contributed by atoms with E-state index in [9.17, 15) is 9.59 Å². The molecule has 2 aromatic rings. The highest BCUT2D eigenvalue weighted by Gasteiger charge is 2.24. The van der Waals surface area contributed by atoms with E-state index >= 15 is 0 Å². The van der Waals surface area contributed by atoms with Gasteiger partial charge in [-0.2, -0.15) is 0 Å². The molecule has 0 atom stereocenters. The first kappa shape index (κ1) is 28.5. The molecule has 0 aliphatic carbocycles. The molecule has 1 saturated heterocycles. The first-order valence-corrected chi connectivity index (χ1v) is 14.2. The van der Waals surface area contributed by atoms with Gasteiger partial charge in [-0.05, 0) is 49.6 Å². The molecule has 7 heteroatoms. The van der Waals surface area contributed by atoms with Crippen molar-refractivity contribution in [2.45, 2.75) is 72.1 Å². The first-order chi connectivity index (χ1) is 18.0. The molecule has 7 nitrogen and oxygen atoms in total. The van der Waals surface area contributed by atoms with Crippen LogP contribution < -0.4 is 15.5 Å². The molecule has 1 fully saturated rings. The molecule has 2 heterocycles. The number of unbranched alkanes of at least 4 members (excludes halogenated alkanes) is 6. The average molecular weight is 508 g/mol. The van der Waals surface area contributed by atoms with Crippen molar-refractivity contribution in [3.8, 4) is 0 Å². The first-order valence-electron chi connectivity index (χ1n) is 14.2. The standard InChI is InChI=1S/C30H45N5O2/c1-4-6-8-10-15-31-26-13-12-24(3)27(23-26)30(37)35-20-18-34(19-21-35)28-22-25(14-17-32-28)29(36)33-16-11-9-7-5-2/h12-14,17,22-23,31H,4-11,15-16,18-21H2,1-3H3,(H,33,36). The number of nitrogens with one attached hydrogen (secondary N) is 2. The summed E-state index contributed by atoms with van der Waals surface area (Å²) in [6.45, 7) is 10.7. The molecule has 2 amide bonds. The van der Waals surface area contributed by atoms with Gasteiger partial charge in [-0.3, -0.25) is 9.59 Å². The quantitative estimate of drug-likeness (QED) is 0.323. The number of carbonyl (C=O) groups excluding carboxylic acids is 2. The molecule has 0 radical (unpaired) electrons. The number of aryl methyl sites for hydroxylation is 1. The number of hydrogen-bond donors (Lipinski definition) is 2. The lowest BCUT2D eigenvalue weighted by Crippen LogP contribution is -2.49. The van der Waals surface area contributed by atoms with Crippen molar-refractivity contribution in [1.82, 2.24) is 15.2 Å². The van der Waals surface area contributed by atoms with Crippen LogP contribution in [0.5, 0.6) is 0 Å². The molecule has 0 saturated carbocycles. The number of piperazine rings is 1. The number of rotatable bonds is 14. The summed E-state index contributed by atoms with van der Waals surface area (Å²) in [5.41, 5.74) is 3.41. The van der Waals surface area contributed by atoms with Crippen LogP contribution in [-0.2, 0) is 0 Å². The number of aromatic nitrogens is 1. The maximum atomic E-state index is 13.4. The van der Waals surface area contributed by atoms with Crippen molar-refractivity contribution in [3.05, 3.63) is 53.2 Å². The maximum Gasteiger partial charge on any atom is 0.254 e. The third-order valence-electron chi connectivity index (χ3n) is 7.04. The number of hydrogen-bond acceptors (Lipinski definition) is 5.